The van der Waals surface area contributed by atoms with E-state index < -0.39 is 18.3 Å². The lowest BCUT2D eigenvalue weighted by atomic mass is 10.1. The van der Waals surface area contributed by atoms with Crippen LogP contribution in [-0.2, 0) is 4.79 Å². The van der Waals surface area contributed by atoms with Crippen molar-refractivity contribution >= 4 is 22.8 Å². The number of rotatable bonds is 6. The van der Waals surface area contributed by atoms with Gasteiger partial charge in [0.1, 0.15) is 11.5 Å². The van der Waals surface area contributed by atoms with Gasteiger partial charge in [0, 0.05) is 11.8 Å². The third-order valence-corrected chi connectivity index (χ3v) is 3.98. The molecule has 0 atom stereocenters. The first-order valence-electron chi connectivity index (χ1n) is 8.03. The fourth-order valence-electron chi connectivity index (χ4n) is 2.82. The maximum Gasteiger partial charge on any atom is 0.328 e. The first kappa shape index (κ1) is 18.2. The van der Waals surface area contributed by atoms with Crippen LogP contribution in [-0.4, -0.2) is 34.7 Å². The molecule has 0 saturated heterocycles. The summed E-state index contributed by atoms with van der Waals surface area (Å²) >= 11 is 0. The van der Waals surface area contributed by atoms with Crippen molar-refractivity contribution < 1.29 is 24.5 Å². The Morgan fingerprint density at radius 3 is 2.56 bits per heavy atom. The number of ether oxygens (including phenoxy) is 2. The normalized spacial score (nSPS) is 11.0. The molecule has 0 unspecified atom stereocenters. The van der Waals surface area contributed by atoms with E-state index in [1.165, 1.54) is 17.8 Å². The zero-order valence-electron chi connectivity index (χ0n) is 14.5. The fourth-order valence-corrected chi connectivity index (χ4v) is 2.82. The van der Waals surface area contributed by atoms with E-state index in [2.05, 4.69) is 0 Å². The Hall–Kier alpha value is -3.58. The third-order valence-electron chi connectivity index (χ3n) is 3.98. The van der Waals surface area contributed by atoms with E-state index in [0.29, 0.717) is 22.5 Å². The van der Waals surface area contributed by atoms with Crippen molar-refractivity contribution in [2.45, 2.75) is 0 Å². The molecule has 0 amide bonds. The molecule has 0 saturated carbocycles. The molecule has 7 nitrogen and oxygen atoms in total. The quantitative estimate of drug-likeness (QED) is 0.513. The Bertz CT molecular complexity index is 1070. The Balaban J connectivity index is 2.33. The molecule has 1 heterocycles. The van der Waals surface area contributed by atoms with E-state index >= 15 is 0 Å². The van der Waals surface area contributed by atoms with Gasteiger partial charge in [-0.2, -0.15) is 0 Å². The molecule has 0 aliphatic heterocycles. The summed E-state index contributed by atoms with van der Waals surface area (Å²) in [5.74, 6) is -0.253. The minimum Gasteiger partial charge on any atom is -0.497 e. The number of carbonyl (C=O) groups is 1. The number of benzene rings is 2. The molecule has 0 radical (unpaired) electrons. The molecule has 3 aromatic rings. The zero-order chi connectivity index (χ0) is 19.4. The number of fused-ring (bicyclic) bond motifs is 1. The van der Waals surface area contributed by atoms with Gasteiger partial charge in [0.25, 0.3) is 5.56 Å². The molecular weight excluding hydrogens is 350 g/mol. The SMILES string of the molecule is COc1ccc(-n2c(C=CC(=O)O)cc3cccc(OCO)c3c2=O)cc1. The first-order chi connectivity index (χ1) is 13.0. The average molecular weight is 367 g/mol. The van der Waals surface area contributed by atoms with Crippen LogP contribution in [0.15, 0.2) is 59.4 Å². The number of aliphatic carboxylic acids is 1. The predicted molar refractivity (Wildman–Crippen MR) is 100 cm³/mol. The van der Waals surface area contributed by atoms with Gasteiger partial charge >= 0.3 is 5.97 Å². The van der Waals surface area contributed by atoms with Crippen LogP contribution in [0.5, 0.6) is 11.5 Å². The second-order valence-electron chi connectivity index (χ2n) is 5.57. The largest absolute Gasteiger partial charge is 0.497 e. The summed E-state index contributed by atoms with van der Waals surface area (Å²) in [6.07, 6.45) is 2.32. The topological polar surface area (TPSA) is 98.0 Å². The van der Waals surface area contributed by atoms with Crippen LogP contribution in [0.2, 0.25) is 0 Å². The Labute approximate surface area is 154 Å². The van der Waals surface area contributed by atoms with Gasteiger partial charge in [-0.1, -0.05) is 12.1 Å². The van der Waals surface area contributed by atoms with Crippen LogP contribution in [0.4, 0.5) is 0 Å². The summed E-state index contributed by atoms with van der Waals surface area (Å²) in [6.45, 7) is -0.568. The number of aromatic nitrogens is 1. The Morgan fingerprint density at radius 2 is 1.93 bits per heavy atom. The molecule has 0 aliphatic rings. The van der Waals surface area contributed by atoms with E-state index in [4.69, 9.17) is 19.7 Å². The molecule has 0 fully saturated rings. The highest BCUT2D eigenvalue weighted by molar-refractivity contribution is 5.91. The molecule has 138 valence electrons. The smallest absolute Gasteiger partial charge is 0.328 e. The molecular formula is C20H17NO6. The molecule has 7 heteroatoms. The van der Waals surface area contributed by atoms with Gasteiger partial charge in [0.2, 0.25) is 0 Å². The summed E-state index contributed by atoms with van der Waals surface area (Å²) in [6, 6.07) is 13.5. The average Bonchev–Trinajstić information content (AvgIpc) is 2.67. The second-order valence-corrected chi connectivity index (χ2v) is 5.57. The van der Waals surface area contributed by atoms with Gasteiger partial charge in [0.15, 0.2) is 6.79 Å². The number of hydrogen-bond donors (Lipinski definition) is 2. The van der Waals surface area contributed by atoms with Crippen LogP contribution in [0.3, 0.4) is 0 Å². The maximum absolute atomic E-state index is 13.2. The van der Waals surface area contributed by atoms with Gasteiger partial charge in [0.05, 0.1) is 18.2 Å². The molecule has 27 heavy (non-hydrogen) atoms. The Morgan fingerprint density at radius 1 is 1.19 bits per heavy atom. The van der Waals surface area contributed by atoms with Crippen molar-refractivity contribution in [1.82, 2.24) is 4.57 Å². The predicted octanol–water partition coefficient (Wildman–Crippen LogP) is 2.43. The zero-order valence-corrected chi connectivity index (χ0v) is 14.5. The molecule has 2 N–H and O–H groups in total. The number of carboxylic acids is 1. The van der Waals surface area contributed by atoms with E-state index in [9.17, 15) is 9.59 Å². The van der Waals surface area contributed by atoms with Gasteiger partial charge < -0.3 is 19.7 Å². The summed E-state index contributed by atoms with van der Waals surface area (Å²) in [7, 11) is 1.54. The van der Waals surface area contributed by atoms with Gasteiger partial charge in [-0.05, 0) is 47.9 Å². The maximum atomic E-state index is 13.2. The minimum absolute atomic E-state index is 0.246. The van der Waals surface area contributed by atoms with E-state index in [-0.39, 0.29) is 11.1 Å². The Kier molecular flexibility index (Phi) is 5.23. The summed E-state index contributed by atoms with van der Waals surface area (Å²) in [4.78, 5) is 24.2. The van der Waals surface area contributed by atoms with Crippen LogP contribution < -0.4 is 15.0 Å². The van der Waals surface area contributed by atoms with E-state index in [0.717, 1.165) is 6.08 Å². The van der Waals surface area contributed by atoms with Crippen molar-refractivity contribution in [1.29, 1.82) is 0 Å². The first-order valence-corrected chi connectivity index (χ1v) is 8.03. The van der Waals surface area contributed by atoms with E-state index in [1.54, 1.807) is 48.5 Å². The third kappa shape index (κ3) is 3.68. The van der Waals surface area contributed by atoms with Gasteiger partial charge in [-0.25, -0.2) is 4.79 Å². The lowest BCUT2D eigenvalue weighted by Crippen LogP contribution is -2.21. The molecule has 1 aromatic heterocycles. The summed E-state index contributed by atoms with van der Waals surface area (Å²) in [5.41, 5.74) is 0.527. The number of aliphatic hydroxyl groups is 1. The highest BCUT2D eigenvalue weighted by Crippen LogP contribution is 2.25. The number of pyridine rings is 1. The van der Waals surface area contributed by atoms with Crippen LogP contribution in [0.1, 0.15) is 5.69 Å². The highest BCUT2D eigenvalue weighted by atomic mass is 16.6. The monoisotopic (exact) mass is 367 g/mol. The number of hydrogen-bond acceptors (Lipinski definition) is 5. The van der Waals surface area contributed by atoms with Crippen molar-refractivity contribution in [2.75, 3.05) is 13.9 Å². The van der Waals surface area contributed by atoms with Crippen molar-refractivity contribution in [3.8, 4) is 17.2 Å². The molecule has 3 rings (SSSR count). The number of aliphatic hydroxyl groups excluding tert-OH is 1. The van der Waals surface area contributed by atoms with Crippen molar-refractivity contribution in [3.05, 3.63) is 70.7 Å². The van der Waals surface area contributed by atoms with Gasteiger partial charge in [-0.15, -0.1) is 0 Å². The standard InChI is InChI=1S/C20H17NO6/c1-26-16-8-5-14(6-9-16)21-15(7-10-18(23)24)11-13-3-2-4-17(27-12-22)19(13)20(21)25/h2-11,22H,12H2,1H3,(H,23,24). The van der Waals surface area contributed by atoms with Crippen LogP contribution >= 0.6 is 0 Å². The van der Waals surface area contributed by atoms with Crippen LogP contribution in [0, 0.1) is 0 Å². The highest BCUT2D eigenvalue weighted by Gasteiger charge is 2.14. The molecule has 0 aliphatic carbocycles. The van der Waals surface area contributed by atoms with Crippen molar-refractivity contribution in [3.63, 3.8) is 0 Å². The lowest BCUT2D eigenvalue weighted by molar-refractivity contribution is -0.131. The number of carboxylic acid groups (broad SMARTS) is 1. The molecule has 0 spiro atoms. The lowest BCUT2D eigenvalue weighted by Gasteiger charge is -2.14. The van der Waals surface area contributed by atoms with Gasteiger partial charge in [-0.3, -0.25) is 9.36 Å². The summed E-state index contributed by atoms with van der Waals surface area (Å²) in [5, 5.41) is 18.9. The molecule has 2 aromatic carbocycles. The number of nitrogens with zero attached hydrogens (tertiary/aromatic N) is 1. The fraction of sp³-hybridized carbons (Fsp3) is 0.100. The van der Waals surface area contributed by atoms with Crippen LogP contribution in [0.25, 0.3) is 22.5 Å². The minimum atomic E-state index is -1.12. The van der Waals surface area contributed by atoms with E-state index in [1.807, 2.05) is 0 Å². The number of methoxy groups -OCH3 is 1. The molecule has 0 bridgehead atoms. The second kappa shape index (κ2) is 7.76. The summed E-state index contributed by atoms with van der Waals surface area (Å²) < 4.78 is 11.7. The van der Waals surface area contributed by atoms with Crippen molar-refractivity contribution in [2.24, 2.45) is 0 Å².